The minimum absolute atomic E-state index is 0.797. The zero-order valence-corrected chi connectivity index (χ0v) is 29.4. The Morgan fingerprint density at radius 3 is 1.14 bits per heavy atom. The highest BCUT2D eigenvalue weighted by Gasteiger charge is 2.11. The maximum atomic E-state index is 4.53. The normalized spacial score (nSPS) is 11.4. The summed E-state index contributed by atoms with van der Waals surface area (Å²) in [5.74, 6) is 0. The average molecular weight is 722 g/mol. The summed E-state index contributed by atoms with van der Waals surface area (Å²) < 4.78 is 5.49. The summed E-state index contributed by atoms with van der Waals surface area (Å²) in [6, 6.07) is 58.4. The van der Waals surface area contributed by atoms with E-state index < -0.39 is 0 Å². The van der Waals surface area contributed by atoms with Crippen LogP contribution in [-0.2, 0) is 13.1 Å². The lowest BCUT2D eigenvalue weighted by atomic mass is 9.95. The molecule has 5 heteroatoms. The van der Waals surface area contributed by atoms with Crippen molar-refractivity contribution in [2.75, 3.05) is 0 Å². The van der Waals surface area contributed by atoms with E-state index in [1.807, 2.05) is 24.8 Å². The average Bonchev–Trinajstić information content (AvgIpc) is 3.80. The van der Waals surface area contributed by atoms with E-state index in [2.05, 4.69) is 187 Å². The number of aromatic nitrogens is 4. The van der Waals surface area contributed by atoms with Gasteiger partial charge in [-0.25, -0.2) is 9.97 Å². The van der Waals surface area contributed by atoms with Crippen LogP contribution < -0.4 is 0 Å². The minimum Gasteiger partial charge on any atom is -0.326 e. The second kappa shape index (κ2) is 13.3. The van der Waals surface area contributed by atoms with E-state index in [0.717, 1.165) is 39.6 Å². The van der Waals surface area contributed by atoms with Crippen molar-refractivity contribution in [2.24, 2.45) is 0 Å². The molecule has 0 bridgehead atoms. The van der Waals surface area contributed by atoms with Crippen molar-refractivity contribution < 1.29 is 0 Å². The lowest BCUT2D eigenvalue weighted by Gasteiger charge is -2.12. The molecule has 2 heterocycles. The maximum absolute atomic E-state index is 4.53. The summed E-state index contributed by atoms with van der Waals surface area (Å²) in [4.78, 5) is 9.06. The molecule has 51 heavy (non-hydrogen) atoms. The lowest BCUT2D eigenvalue weighted by molar-refractivity contribution is 0.825. The molecule has 9 aromatic rings. The summed E-state index contributed by atoms with van der Waals surface area (Å²) in [5.41, 5.74) is 16.4. The Labute approximate surface area is 305 Å². The molecule has 2 aromatic heterocycles. The number of fused-ring (bicyclic) bond motifs is 2. The predicted octanol–water partition coefficient (Wildman–Crippen LogP) is 11.9. The highest BCUT2D eigenvalue weighted by Crippen LogP contribution is 2.38. The van der Waals surface area contributed by atoms with Crippen LogP contribution in [-0.4, -0.2) is 19.1 Å². The topological polar surface area (TPSA) is 35.6 Å². The van der Waals surface area contributed by atoms with Crippen molar-refractivity contribution in [3.05, 3.63) is 192 Å². The SMILES string of the molecule is Brc1c(-c2ccc(-c3ccc(Cn4cnc5ccccc54)cc3)cc2)cccc1-c1ccc(-c2ccc(Cn3cnc4ccccc43)cc2)cc1. The van der Waals surface area contributed by atoms with E-state index in [1.54, 1.807) is 0 Å². The number of benzene rings is 7. The van der Waals surface area contributed by atoms with Crippen LogP contribution in [0.15, 0.2) is 181 Å². The zero-order valence-electron chi connectivity index (χ0n) is 27.8. The van der Waals surface area contributed by atoms with Crippen molar-refractivity contribution in [1.29, 1.82) is 0 Å². The van der Waals surface area contributed by atoms with Gasteiger partial charge in [0.25, 0.3) is 0 Å². The van der Waals surface area contributed by atoms with Crippen molar-refractivity contribution >= 4 is 38.0 Å². The van der Waals surface area contributed by atoms with Crippen molar-refractivity contribution in [3.63, 3.8) is 0 Å². The highest BCUT2D eigenvalue weighted by molar-refractivity contribution is 9.10. The number of hydrogen-bond donors (Lipinski definition) is 0. The summed E-state index contributed by atoms with van der Waals surface area (Å²) >= 11 is 3.96. The Kier molecular flexibility index (Phi) is 8.11. The van der Waals surface area contributed by atoms with Gasteiger partial charge in [-0.05, 0) is 95.8 Å². The molecular weight excluding hydrogens is 688 g/mol. The quantitative estimate of drug-likeness (QED) is 0.157. The first-order chi connectivity index (χ1) is 25.2. The Morgan fingerprint density at radius 1 is 0.373 bits per heavy atom. The van der Waals surface area contributed by atoms with Crippen LogP contribution in [0.1, 0.15) is 11.1 Å². The van der Waals surface area contributed by atoms with Gasteiger partial charge in [-0.1, -0.05) is 140 Å². The summed E-state index contributed by atoms with van der Waals surface area (Å²) in [6.45, 7) is 1.59. The first-order valence-electron chi connectivity index (χ1n) is 17.1. The second-order valence-electron chi connectivity index (χ2n) is 12.9. The Bertz CT molecular complexity index is 2430. The molecule has 0 unspecified atom stereocenters. The zero-order chi connectivity index (χ0) is 34.1. The third-order valence-corrected chi connectivity index (χ3v) is 10.6. The molecule has 0 N–H and O–H groups in total. The van der Waals surface area contributed by atoms with E-state index in [-0.39, 0.29) is 0 Å². The molecule has 0 aliphatic rings. The molecule has 0 saturated carbocycles. The largest absolute Gasteiger partial charge is 0.326 e. The number of rotatable bonds is 8. The number of nitrogens with zero attached hydrogens (tertiary/aromatic N) is 4. The van der Waals surface area contributed by atoms with E-state index in [1.165, 1.54) is 55.6 Å². The molecule has 0 saturated heterocycles. The molecular formula is C46H33BrN4. The predicted molar refractivity (Wildman–Crippen MR) is 214 cm³/mol. The van der Waals surface area contributed by atoms with Crippen LogP contribution in [0.2, 0.25) is 0 Å². The van der Waals surface area contributed by atoms with Crippen LogP contribution in [0.3, 0.4) is 0 Å². The van der Waals surface area contributed by atoms with E-state index in [4.69, 9.17) is 0 Å². The minimum atomic E-state index is 0.797. The molecule has 7 aromatic carbocycles. The van der Waals surface area contributed by atoms with Gasteiger partial charge in [0.05, 0.1) is 34.7 Å². The Balaban J connectivity index is 0.889. The molecule has 0 radical (unpaired) electrons. The molecule has 0 fully saturated rings. The smallest absolute Gasteiger partial charge is 0.0961 e. The van der Waals surface area contributed by atoms with E-state index in [9.17, 15) is 0 Å². The van der Waals surface area contributed by atoms with Crippen LogP contribution >= 0.6 is 15.9 Å². The number of halogens is 1. The fraction of sp³-hybridized carbons (Fsp3) is 0.0435. The van der Waals surface area contributed by atoms with Gasteiger partial charge in [-0.2, -0.15) is 0 Å². The maximum Gasteiger partial charge on any atom is 0.0961 e. The van der Waals surface area contributed by atoms with Crippen molar-refractivity contribution in [2.45, 2.75) is 13.1 Å². The number of hydrogen-bond acceptors (Lipinski definition) is 2. The van der Waals surface area contributed by atoms with Crippen LogP contribution in [0, 0.1) is 0 Å². The van der Waals surface area contributed by atoms with Crippen molar-refractivity contribution in [1.82, 2.24) is 19.1 Å². The first-order valence-corrected chi connectivity index (χ1v) is 17.9. The molecule has 0 aliphatic heterocycles. The monoisotopic (exact) mass is 720 g/mol. The van der Waals surface area contributed by atoms with Crippen LogP contribution in [0.5, 0.6) is 0 Å². The van der Waals surface area contributed by atoms with Crippen LogP contribution in [0.4, 0.5) is 0 Å². The molecule has 9 rings (SSSR count). The summed E-state index contributed by atoms with van der Waals surface area (Å²) in [6.07, 6.45) is 3.84. The molecule has 0 atom stereocenters. The molecule has 0 amide bonds. The molecule has 244 valence electrons. The van der Waals surface area contributed by atoms with E-state index >= 15 is 0 Å². The van der Waals surface area contributed by atoms with Crippen LogP contribution in [0.25, 0.3) is 66.6 Å². The number of imidazole rings is 2. The lowest BCUT2D eigenvalue weighted by Crippen LogP contribution is -1.97. The van der Waals surface area contributed by atoms with Gasteiger partial charge in [0.15, 0.2) is 0 Å². The van der Waals surface area contributed by atoms with Gasteiger partial charge in [0, 0.05) is 17.6 Å². The molecule has 0 aliphatic carbocycles. The fourth-order valence-electron chi connectivity index (χ4n) is 6.93. The number of para-hydroxylation sites is 4. The summed E-state index contributed by atoms with van der Waals surface area (Å²) in [5, 5.41) is 0. The van der Waals surface area contributed by atoms with Gasteiger partial charge in [-0.15, -0.1) is 0 Å². The molecule has 4 nitrogen and oxygen atoms in total. The van der Waals surface area contributed by atoms with Gasteiger partial charge in [0.1, 0.15) is 0 Å². The fourth-order valence-corrected chi connectivity index (χ4v) is 7.66. The summed E-state index contributed by atoms with van der Waals surface area (Å²) in [7, 11) is 0. The van der Waals surface area contributed by atoms with Gasteiger partial charge >= 0.3 is 0 Å². The molecule has 0 spiro atoms. The second-order valence-corrected chi connectivity index (χ2v) is 13.7. The third-order valence-electron chi connectivity index (χ3n) is 9.73. The van der Waals surface area contributed by atoms with Gasteiger partial charge in [-0.3, -0.25) is 0 Å². The highest BCUT2D eigenvalue weighted by atomic mass is 79.9. The standard InChI is InChI=1S/C46H33BrN4/c47-46-40(38-24-20-36(21-25-38)34-16-12-32(13-17-34)28-50-30-48-42-8-1-3-10-44(42)50)6-5-7-41(46)39-26-22-37(23-27-39)35-18-14-33(15-19-35)29-51-31-49-43-9-2-4-11-45(43)51/h1-27,30-31H,28-29H2. The Morgan fingerprint density at radius 2 is 0.725 bits per heavy atom. The first kappa shape index (κ1) is 31.0. The van der Waals surface area contributed by atoms with E-state index in [0.29, 0.717) is 0 Å². The third kappa shape index (κ3) is 6.17. The Hall–Kier alpha value is -6.04. The van der Waals surface area contributed by atoms with Gasteiger partial charge in [0.2, 0.25) is 0 Å². The van der Waals surface area contributed by atoms with Crippen molar-refractivity contribution in [3.8, 4) is 44.5 Å². The van der Waals surface area contributed by atoms with Gasteiger partial charge < -0.3 is 9.13 Å².